The van der Waals surface area contributed by atoms with E-state index in [2.05, 4.69) is 25.3 Å². The van der Waals surface area contributed by atoms with Crippen LogP contribution in [0.4, 0.5) is 0 Å². The highest BCUT2D eigenvalue weighted by molar-refractivity contribution is 5.91. The zero-order chi connectivity index (χ0) is 17.2. The van der Waals surface area contributed by atoms with Crippen LogP contribution in [0.2, 0.25) is 0 Å². The summed E-state index contributed by atoms with van der Waals surface area (Å²) in [5.41, 5.74) is 0.677. The number of amides is 2. The number of carbonyl (C=O) groups is 4. The van der Waals surface area contributed by atoms with Crippen molar-refractivity contribution >= 4 is 23.6 Å². The molecule has 0 aliphatic rings. The summed E-state index contributed by atoms with van der Waals surface area (Å²) in [5.74, 6) is -1.63. The highest BCUT2D eigenvalue weighted by Gasteiger charge is 2.21. The molecule has 1 atom stereocenters. The van der Waals surface area contributed by atoms with E-state index in [4.69, 9.17) is 0 Å². The van der Waals surface area contributed by atoms with Gasteiger partial charge in [0, 0.05) is 31.7 Å². The SMILES string of the molecule is COC(=O)CCC(=O)CNC(=O)[C@H](Cc1cnc[nH]1)NC(C)=O. The number of Topliss-reactive ketones (excluding diaryl/α,β-unsaturated/α-hetero) is 1. The summed E-state index contributed by atoms with van der Waals surface area (Å²) in [6.07, 6.45) is 3.19. The van der Waals surface area contributed by atoms with Gasteiger partial charge in [0.1, 0.15) is 6.04 Å². The number of hydrogen-bond acceptors (Lipinski definition) is 6. The fourth-order valence-electron chi connectivity index (χ4n) is 1.81. The Balaban J connectivity index is 2.48. The van der Waals surface area contributed by atoms with Gasteiger partial charge in [-0.05, 0) is 0 Å². The van der Waals surface area contributed by atoms with Crippen molar-refractivity contribution in [1.29, 1.82) is 0 Å². The predicted molar refractivity (Wildman–Crippen MR) is 79.2 cm³/mol. The van der Waals surface area contributed by atoms with Crippen LogP contribution in [0.1, 0.15) is 25.5 Å². The van der Waals surface area contributed by atoms with E-state index in [-0.39, 0.29) is 37.5 Å². The Morgan fingerprint density at radius 2 is 2.04 bits per heavy atom. The lowest BCUT2D eigenvalue weighted by atomic mass is 10.1. The van der Waals surface area contributed by atoms with Crippen molar-refractivity contribution in [2.45, 2.75) is 32.2 Å². The number of methoxy groups -OCH3 is 1. The Morgan fingerprint density at radius 3 is 2.61 bits per heavy atom. The summed E-state index contributed by atoms with van der Waals surface area (Å²) < 4.78 is 4.43. The molecule has 126 valence electrons. The van der Waals surface area contributed by atoms with E-state index >= 15 is 0 Å². The maximum absolute atomic E-state index is 12.1. The lowest BCUT2D eigenvalue weighted by molar-refractivity contribution is -0.141. The molecular formula is C14H20N4O5. The molecule has 23 heavy (non-hydrogen) atoms. The van der Waals surface area contributed by atoms with E-state index in [0.717, 1.165) is 0 Å². The first kappa shape index (κ1) is 18.3. The summed E-state index contributed by atoms with van der Waals surface area (Å²) in [4.78, 5) is 52.5. The molecule has 0 unspecified atom stereocenters. The van der Waals surface area contributed by atoms with Crippen LogP contribution < -0.4 is 10.6 Å². The molecule has 1 aromatic heterocycles. The maximum atomic E-state index is 12.1. The molecule has 1 heterocycles. The van der Waals surface area contributed by atoms with Crippen molar-refractivity contribution in [3.05, 3.63) is 18.2 Å². The molecular weight excluding hydrogens is 304 g/mol. The van der Waals surface area contributed by atoms with Gasteiger partial charge in [0.15, 0.2) is 5.78 Å². The third-order valence-corrected chi connectivity index (χ3v) is 2.97. The van der Waals surface area contributed by atoms with Gasteiger partial charge in [-0.1, -0.05) is 0 Å². The summed E-state index contributed by atoms with van der Waals surface area (Å²) >= 11 is 0. The molecule has 0 saturated heterocycles. The number of ether oxygens (including phenoxy) is 1. The molecule has 0 spiro atoms. The van der Waals surface area contributed by atoms with Crippen molar-refractivity contribution in [1.82, 2.24) is 20.6 Å². The Morgan fingerprint density at radius 1 is 1.30 bits per heavy atom. The van der Waals surface area contributed by atoms with E-state index in [1.54, 1.807) is 6.20 Å². The second-order valence-electron chi connectivity index (χ2n) is 4.87. The molecule has 0 bridgehead atoms. The number of rotatable bonds is 9. The molecule has 1 rings (SSSR count). The monoisotopic (exact) mass is 324 g/mol. The van der Waals surface area contributed by atoms with Gasteiger partial charge in [-0.3, -0.25) is 19.2 Å². The van der Waals surface area contributed by atoms with E-state index < -0.39 is 17.9 Å². The number of hydrogen-bond donors (Lipinski definition) is 3. The number of aromatic amines is 1. The number of carbonyl (C=O) groups excluding carboxylic acids is 4. The minimum Gasteiger partial charge on any atom is -0.469 e. The first-order valence-electron chi connectivity index (χ1n) is 7.03. The zero-order valence-electron chi connectivity index (χ0n) is 13.0. The van der Waals surface area contributed by atoms with Crippen molar-refractivity contribution in [2.75, 3.05) is 13.7 Å². The van der Waals surface area contributed by atoms with Crippen LogP contribution in [-0.4, -0.2) is 53.2 Å². The minimum absolute atomic E-state index is 0.0156. The average Bonchev–Trinajstić information content (AvgIpc) is 3.02. The van der Waals surface area contributed by atoms with Crippen molar-refractivity contribution in [3.8, 4) is 0 Å². The topological polar surface area (TPSA) is 130 Å². The van der Waals surface area contributed by atoms with Gasteiger partial charge in [-0.15, -0.1) is 0 Å². The molecule has 0 aliphatic carbocycles. The van der Waals surface area contributed by atoms with E-state index in [9.17, 15) is 19.2 Å². The van der Waals surface area contributed by atoms with Crippen molar-refractivity contribution in [3.63, 3.8) is 0 Å². The average molecular weight is 324 g/mol. The van der Waals surface area contributed by atoms with E-state index in [1.165, 1.54) is 20.4 Å². The fraction of sp³-hybridized carbons (Fsp3) is 0.500. The summed E-state index contributed by atoms with van der Waals surface area (Å²) in [6, 6.07) is -0.818. The smallest absolute Gasteiger partial charge is 0.305 e. The van der Waals surface area contributed by atoms with Crippen molar-refractivity contribution < 1.29 is 23.9 Å². The number of H-pyrrole nitrogens is 1. The number of ketones is 1. The van der Waals surface area contributed by atoms with Gasteiger partial charge < -0.3 is 20.4 Å². The van der Waals surface area contributed by atoms with Crippen LogP contribution in [0.3, 0.4) is 0 Å². The summed E-state index contributed by atoms with van der Waals surface area (Å²) in [6.45, 7) is 1.09. The maximum Gasteiger partial charge on any atom is 0.305 e. The molecule has 9 heteroatoms. The molecule has 0 saturated carbocycles. The molecule has 0 aromatic carbocycles. The lowest BCUT2D eigenvalue weighted by Gasteiger charge is -2.16. The van der Waals surface area contributed by atoms with Crippen LogP contribution in [0.25, 0.3) is 0 Å². The Kier molecular flexibility index (Phi) is 7.44. The number of imidazole rings is 1. The quantitative estimate of drug-likeness (QED) is 0.504. The fourth-order valence-corrected chi connectivity index (χ4v) is 1.81. The Bertz CT molecular complexity index is 556. The Labute approximate surface area is 133 Å². The lowest BCUT2D eigenvalue weighted by Crippen LogP contribution is -2.48. The van der Waals surface area contributed by atoms with Crippen LogP contribution in [-0.2, 0) is 30.3 Å². The van der Waals surface area contributed by atoms with Crippen LogP contribution in [0.5, 0.6) is 0 Å². The standard InChI is InChI=1S/C14H20N4O5/c1-9(19)18-12(5-10-6-15-8-17-10)14(22)16-7-11(20)3-4-13(21)23-2/h6,8,12H,3-5,7H2,1-2H3,(H,15,17)(H,16,22)(H,18,19)/t12-/m0/s1. The molecule has 2 amide bonds. The van der Waals surface area contributed by atoms with Crippen LogP contribution >= 0.6 is 0 Å². The van der Waals surface area contributed by atoms with E-state index in [1.807, 2.05) is 0 Å². The second kappa shape index (κ2) is 9.34. The highest BCUT2D eigenvalue weighted by Crippen LogP contribution is 1.99. The minimum atomic E-state index is -0.818. The number of nitrogens with zero attached hydrogens (tertiary/aromatic N) is 1. The summed E-state index contributed by atoms with van der Waals surface area (Å²) in [7, 11) is 1.24. The molecule has 1 aromatic rings. The molecule has 0 radical (unpaired) electrons. The largest absolute Gasteiger partial charge is 0.469 e. The van der Waals surface area contributed by atoms with Gasteiger partial charge in [-0.25, -0.2) is 4.98 Å². The zero-order valence-corrected chi connectivity index (χ0v) is 13.0. The van der Waals surface area contributed by atoms with Crippen LogP contribution in [0.15, 0.2) is 12.5 Å². The van der Waals surface area contributed by atoms with Gasteiger partial charge in [0.05, 0.1) is 26.4 Å². The number of nitrogens with one attached hydrogen (secondary N) is 3. The highest BCUT2D eigenvalue weighted by atomic mass is 16.5. The number of aromatic nitrogens is 2. The number of esters is 1. The first-order valence-corrected chi connectivity index (χ1v) is 7.03. The van der Waals surface area contributed by atoms with Crippen molar-refractivity contribution in [2.24, 2.45) is 0 Å². The van der Waals surface area contributed by atoms with Gasteiger partial charge in [0.2, 0.25) is 11.8 Å². The second-order valence-corrected chi connectivity index (χ2v) is 4.87. The Hall–Kier alpha value is -2.71. The van der Waals surface area contributed by atoms with E-state index in [0.29, 0.717) is 5.69 Å². The van der Waals surface area contributed by atoms with Gasteiger partial charge in [0.25, 0.3) is 0 Å². The van der Waals surface area contributed by atoms with Crippen LogP contribution in [0, 0.1) is 0 Å². The van der Waals surface area contributed by atoms with Gasteiger partial charge >= 0.3 is 5.97 Å². The molecule has 0 aliphatic heterocycles. The molecule has 9 nitrogen and oxygen atoms in total. The third-order valence-electron chi connectivity index (χ3n) is 2.97. The van der Waals surface area contributed by atoms with Gasteiger partial charge in [-0.2, -0.15) is 0 Å². The normalized spacial score (nSPS) is 11.4. The summed E-state index contributed by atoms with van der Waals surface area (Å²) in [5, 5.41) is 4.97. The molecule has 3 N–H and O–H groups in total. The first-order chi connectivity index (χ1) is 10.9. The molecule has 0 fully saturated rings. The third kappa shape index (κ3) is 7.21. The predicted octanol–water partition coefficient (Wildman–Crippen LogP) is -0.905.